The number of aryl methyl sites for hydroxylation is 2. The molecule has 21 heavy (non-hydrogen) atoms. The van der Waals surface area contributed by atoms with Gasteiger partial charge in [0.2, 0.25) is 5.91 Å². The largest absolute Gasteiger partial charge is 0.359 e. The first kappa shape index (κ1) is 15.3. The maximum Gasteiger partial charge on any atom is 0.322 e. The van der Waals surface area contributed by atoms with Crippen molar-refractivity contribution in [1.82, 2.24) is 15.4 Å². The molecule has 116 valence electrons. The van der Waals surface area contributed by atoms with Crippen LogP contribution in [-0.4, -0.2) is 41.1 Å². The summed E-state index contributed by atoms with van der Waals surface area (Å²) in [5.74, 6) is 0.490. The topological polar surface area (TPSA) is 87.5 Å². The minimum atomic E-state index is -0.408. The quantitative estimate of drug-likeness (QED) is 0.884. The Labute approximate surface area is 124 Å². The molecule has 0 radical (unpaired) electrons. The number of nitrogens with one attached hydrogen (secondary N) is 2. The SMILES string of the molecule is CCC[C@H]1C(=O)NCCN1C(=O)Nc1c(CC)noc1C. The lowest BCUT2D eigenvalue weighted by Gasteiger charge is -2.34. The predicted octanol–water partition coefficient (Wildman–Crippen LogP) is 1.68. The molecule has 0 unspecified atom stereocenters. The third-order valence-electron chi connectivity index (χ3n) is 3.65. The Morgan fingerprint density at radius 2 is 2.29 bits per heavy atom. The molecule has 7 nitrogen and oxygen atoms in total. The Kier molecular flexibility index (Phi) is 4.82. The van der Waals surface area contributed by atoms with Crippen LogP contribution in [0.15, 0.2) is 4.52 Å². The van der Waals surface area contributed by atoms with Gasteiger partial charge in [0.25, 0.3) is 0 Å². The zero-order valence-corrected chi connectivity index (χ0v) is 12.7. The number of rotatable bonds is 4. The third kappa shape index (κ3) is 3.17. The fraction of sp³-hybridized carbons (Fsp3) is 0.643. The van der Waals surface area contributed by atoms with E-state index in [4.69, 9.17) is 4.52 Å². The number of carbonyl (C=O) groups excluding carboxylic acids is 2. The summed E-state index contributed by atoms with van der Waals surface area (Å²) in [6.45, 7) is 6.69. The van der Waals surface area contributed by atoms with E-state index >= 15 is 0 Å². The Hall–Kier alpha value is -2.05. The van der Waals surface area contributed by atoms with Crippen molar-refractivity contribution in [2.45, 2.75) is 46.1 Å². The molecule has 7 heteroatoms. The summed E-state index contributed by atoms with van der Waals surface area (Å²) in [5, 5.41) is 9.56. The first-order valence-corrected chi connectivity index (χ1v) is 7.38. The van der Waals surface area contributed by atoms with Gasteiger partial charge in [0.05, 0.1) is 0 Å². The van der Waals surface area contributed by atoms with Gasteiger partial charge in [-0.2, -0.15) is 0 Å². The average Bonchev–Trinajstić information content (AvgIpc) is 2.82. The molecule has 3 amide bonds. The molecule has 1 aromatic heterocycles. The fourth-order valence-electron chi connectivity index (χ4n) is 2.52. The van der Waals surface area contributed by atoms with Gasteiger partial charge in [-0.3, -0.25) is 4.79 Å². The molecule has 2 N–H and O–H groups in total. The molecule has 1 fully saturated rings. The van der Waals surface area contributed by atoms with Gasteiger partial charge in [-0.25, -0.2) is 4.79 Å². The highest BCUT2D eigenvalue weighted by Gasteiger charge is 2.33. The second-order valence-electron chi connectivity index (χ2n) is 5.13. The molecule has 0 saturated carbocycles. The average molecular weight is 294 g/mol. The number of amides is 3. The van der Waals surface area contributed by atoms with Crippen LogP contribution in [0, 0.1) is 6.92 Å². The molecular formula is C14H22N4O3. The monoisotopic (exact) mass is 294 g/mol. The number of carbonyl (C=O) groups is 2. The highest BCUT2D eigenvalue weighted by Crippen LogP contribution is 2.22. The molecule has 2 rings (SSSR count). The first-order valence-electron chi connectivity index (χ1n) is 7.38. The second kappa shape index (κ2) is 6.60. The summed E-state index contributed by atoms with van der Waals surface area (Å²) < 4.78 is 5.11. The van der Waals surface area contributed by atoms with Gasteiger partial charge in [0.1, 0.15) is 17.4 Å². The van der Waals surface area contributed by atoms with Crippen molar-refractivity contribution in [1.29, 1.82) is 0 Å². The molecule has 1 atom stereocenters. The zero-order valence-electron chi connectivity index (χ0n) is 12.7. The first-order chi connectivity index (χ1) is 10.1. The van der Waals surface area contributed by atoms with Gasteiger partial charge < -0.3 is 20.1 Å². The standard InChI is InChI=1S/C14H22N4O3/c1-4-6-11-13(19)15-7-8-18(11)14(20)16-12-9(3)21-17-10(12)5-2/h11H,4-8H2,1-3H3,(H,15,19)(H,16,20)/t11-/m0/s1. The molecule has 0 aromatic carbocycles. The van der Waals surface area contributed by atoms with Crippen molar-refractivity contribution in [3.8, 4) is 0 Å². The van der Waals surface area contributed by atoms with E-state index in [-0.39, 0.29) is 11.9 Å². The number of hydrogen-bond donors (Lipinski definition) is 2. The van der Waals surface area contributed by atoms with E-state index in [0.717, 1.165) is 6.42 Å². The Balaban J connectivity index is 2.14. The van der Waals surface area contributed by atoms with Gasteiger partial charge in [-0.15, -0.1) is 0 Å². The van der Waals surface area contributed by atoms with E-state index in [1.807, 2.05) is 13.8 Å². The lowest BCUT2D eigenvalue weighted by molar-refractivity contribution is -0.127. The van der Waals surface area contributed by atoms with Crippen LogP contribution >= 0.6 is 0 Å². The van der Waals surface area contributed by atoms with E-state index < -0.39 is 6.04 Å². The molecule has 2 heterocycles. The maximum absolute atomic E-state index is 12.5. The Bertz CT molecular complexity index is 526. The summed E-state index contributed by atoms with van der Waals surface area (Å²) in [6, 6.07) is -0.682. The van der Waals surface area contributed by atoms with E-state index in [1.165, 1.54) is 0 Å². The number of nitrogens with zero attached hydrogens (tertiary/aromatic N) is 2. The normalized spacial score (nSPS) is 18.5. The summed E-state index contributed by atoms with van der Waals surface area (Å²) in [7, 11) is 0. The van der Waals surface area contributed by atoms with Crippen LogP contribution in [0.25, 0.3) is 0 Å². The van der Waals surface area contributed by atoms with Crippen LogP contribution in [0.1, 0.15) is 38.1 Å². The number of urea groups is 1. The Morgan fingerprint density at radius 3 is 2.95 bits per heavy atom. The molecule has 1 aliphatic rings. The molecule has 0 bridgehead atoms. The summed E-state index contributed by atoms with van der Waals surface area (Å²) in [6.07, 6.45) is 2.17. The minimum Gasteiger partial charge on any atom is -0.359 e. The van der Waals surface area contributed by atoms with E-state index in [1.54, 1.807) is 11.8 Å². The van der Waals surface area contributed by atoms with Crippen LogP contribution in [0.2, 0.25) is 0 Å². The number of piperazine rings is 1. The van der Waals surface area contributed by atoms with Crippen molar-refractivity contribution in [3.05, 3.63) is 11.5 Å². The number of anilines is 1. The van der Waals surface area contributed by atoms with Crippen molar-refractivity contribution < 1.29 is 14.1 Å². The second-order valence-corrected chi connectivity index (χ2v) is 5.13. The fourth-order valence-corrected chi connectivity index (χ4v) is 2.52. The maximum atomic E-state index is 12.5. The van der Waals surface area contributed by atoms with E-state index in [0.29, 0.717) is 43.1 Å². The zero-order chi connectivity index (χ0) is 15.4. The third-order valence-corrected chi connectivity index (χ3v) is 3.65. The van der Waals surface area contributed by atoms with Gasteiger partial charge in [-0.1, -0.05) is 25.4 Å². The van der Waals surface area contributed by atoms with E-state index in [2.05, 4.69) is 15.8 Å². The van der Waals surface area contributed by atoms with Crippen molar-refractivity contribution in [2.75, 3.05) is 18.4 Å². The van der Waals surface area contributed by atoms with Crippen LogP contribution in [0.4, 0.5) is 10.5 Å². The van der Waals surface area contributed by atoms with Crippen LogP contribution in [0.3, 0.4) is 0 Å². The molecule has 0 spiro atoms. The Morgan fingerprint density at radius 1 is 1.52 bits per heavy atom. The summed E-state index contributed by atoms with van der Waals surface area (Å²) in [5.41, 5.74) is 1.33. The van der Waals surface area contributed by atoms with Crippen molar-refractivity contribution >= 4 is 17.6 Å². The van der Waals surface area contributed by atoms with Gasteiger partial charge in [0, 0.05) is 13.1 Å². The van der Waals surface area contributed by atoms with Gasteiger partial charge in [-0.05, 0) is 19.8 Å². The van der Waals surface area contributed by atoms with Crippen LogP contribution in [-0.2, 0) is 11.2 Å². The predicted molar refractivity (Wildman–Crippen MR) is 78.0 cm³/mol. The van der Waals surface area contributed by atoms with Gasteiger partial charge in [0.15, 0.2) is 5.76 Å². The molecule has 1 saturated heterocycles. The highest BCUT2D eigenvalue weighted by molar-refractivity contribution is 5.95. The minimum absolute atomic E-state index is 0.0870. The lowest BCUT2D eigenvalue weighted by Crippen LogP contribution is -2.58. The smallest absolute Gasteiger partial charge is 0.322 e. The van der Waals surface area contributed by atoms with Crippen molar-refractivity contribution in [2.24, 2.45) is 0 Å². The highest BCUT2D eigenvalue weighted by atomic mass is 16.5. The summed E-state index contributed by atoms with van der Waals surface area (Å²) >= 11 is 0. The van der Waals surface area contributed by atoms with E-state index in [9.17, 15) is 9.59 Å². The molecule has 1 aliphatic heterocycles. The molecule has 0 aliphatic carbocycles. The molecular weight excluding hydrogens is 272 g/mol. The number of aromatic nitrogens is 1. The number of hydrogen-bond acceptors (Lipinski definition) is 4. The van der Waals surface area contributed by atoms with Crippen LogP contribution in [0.5, 0.6) is 0 Å². The lowest BCUT2D eigenvalue weighted by atomic mass is 10.1. The van der Waals surface area contributed by atoms with Gasteiger partial charge >= 0.3 is 6.03 Å². The van der Waals surface area contributed by atoms with Crippen molar-refractivity contribution in [3.63, 3.8) is 0 Å². The summed E-state index contributed by atoms with van der Waals surface area (Å²) in [4.78, 5) is 26.0. The molecule has 1 aromatic rings. The van der Waals surface area contributed by atoms with Crippen LogP contribution < -0.4 is 10.6 Å².